The van der Waals surface area contributed by atoms with Crippen LogP contribution in [0.2, 0.25) is 0 Å². The Balaban J connectivity index is 1.70. The molecule has 1 aliphatic heterocycles. The minimum absolute atomic E-state index is 0.0210. The van der Waals surface area contributed by atoms with Gasteiger partial charge in [-0.2, -0.15) is 4.98 Å². The Hall–Kier alpha value is -5.07. The van der Waals surface area contributed by atoms with Crippen LogP contribution in [0.25, 0.3) is 11.3 Å². The van der Waals surface area contributed by atoms with Gasteiger partial charge in [-0.25, -0.2) is 17.7 Å². The van der Waals surface area contributed by atoms with Crippen molar-refractivity contribution in [2.45, 2.75) is 51.6 Å². The number of aliphatic imine (C=N–C) groups is 1. The van der Waals surface area contributed by atoms with E-state index in [0.717, 1.165) is 26.6 Å². The minimum Gasteiger partial charge on any atom is -0.475 e. The molecule has 1 aliphatic rings. The minimum atomic E-state index is -4.33. The third-order valence-electron chi connectivity index (χ3n) is 8.11. The Bertz CT molecular complexity index is 1940. The van der Waals surface area contributed by atoms with E-state index in [-0.39, 0.29) is 41.5 Å². The molecule has 4 bridgehead atoms. The number of hydrogen-bond acceptors (Lipinski definition) is 9. The second-order valence-corrected chi connectivity index (χ2v) is 14.1. The van der Waals surface area contributed by atoms with Gasteiger partial charge in [-0.05, 0) is 61.1 Å². The zero-order valence-corrected chi connectivity index (χ0v) is 29.2. The van der Waals surface area contributed by atoms with Gasteiger partial charge in [-0.15, -0.1) is 0 Å². The highest BCUT2D eigenvalue weighted by Crippen LogP contribution is 2.32. The molecule has 2 N–H and O–H groups in total. The first-order valence-electron chi connectivity index (χ1n) is 16.0. The lowest BCUT2D eigenvalue weighted by Crippen LogP contribution is -2.44. The summed E-state index contributed by atoms with van der Waals surface area (Å²) < 4.78 is 41.3. The van der Waals surface area contributed by atoms with Crippen molar-refractivity contribution in [3.8, 4) is 17.1 Å². The summed E-state index contributed by atoms with van der Waals surface area (Å²) in [6.45, 7) is 8.05. The first-order chi connectivity index (χ1) is 23.5. The Morgan fingerprint density at radius 2 is 1.76 bits per heavy atom. The Morgan fingerprint density at radius 3 is 2.43 bits per heavy atom. The van der Waals surface area contributed by atoms with E-state index < -0.39 is 22.0 Å². The monoisotopic (exact) mass is 682 g/mol. The molecule has 0 radical (unpaired) electrons. The average molecular weight is 683 g/mol. The highest BCUT2D eigenvalue weighted by molar-refractivity contribution is 7.92. The molecule has 0 aliphatic carbocycles. The zero-order chi connectivity index (χ0) is 35.1. The van der Waals surface area contributed by atoms with E-state index in [1.807, 2.05) is 62.4 Å². The van der Waals surface area contributed by atoms with Gasteiger partial charge in [0, 0.05) is 36.7 Å². The smallest absolute Gasteiger partial charge is 0.268 e. The maximum Gasteiger partial charge on any atom is 0.268 e. The van der Waals surface area contributed by atoms with Crippen molar-refractivity contribution in [1.29, 1.82) is 0 Å². The SMILES string of the molecule is COCN1c2nc(cc(-c3c(C)cccc3C)n2)OC[C@@H](CC(C)C)N(C(C=NCc2ccccc2)=CN)C(=O)c2cccc(c2)S1(=O)=O. The van der Waals surface area contributed by atoms with Crippen LogP contribution in [0.15, 0.2) is 101 Å². The van der Waals surface area contributed by atoms with E-state index in [1.54, 1.807) is 23.2 Å². The molecule has 1 aromatic heterocycles. The van der Waals surface area contributed by atoms with Gasteiger partial charge in [0.25, 0.3) is 15.9 Å². The molecule has 2 heterocycles. The first-order valence-corrected chi connectivity index (χ1v) is 17.5. The summed E-state index contributed by atoms with van der Waals surface area (Å²) in [7, 11) is -2.95. The molecule has 0 spiro atoms. The molecule has 5 rings (SSSR count). The second kappa shape index (κ2) is 15.4. The number of rotatable bonds is 9. The van der Waals surface area contributed by atoms with Crippen molar-refractivity contribution in [2.24, 2.45) is 16.6 Å². The third kappa shape index (κ3) is 7.98. The first kappa shape index (κ1) is 35.2. The van der Waals surface area contributed by atoms with Gasteiger partial charge in [0.05, 0.1) is 28.9 Å². The highest BCUT2D eigenvalue weighted by atomic mass is 32.2. The molecular weight excluding hydrogens is 641 g/mol. The van der Waals surface area contributed by atoms with Crippen LogP contribution in [0.3, 0.4) is 0 Å². The number of carbonyl (C=O) groups is 1. The van der Waals surface area contributed by atoms with Crippen molar-refractivity contribution < 1.29 is 22.7 Å². The number of amides is 1. The van der Waals surface area contributed by atoms with E-state index in [1.165, 1.54) is 31.5 Å². The predicted octanol–water partition coefficient (Wildman–Crippen LogP) is 5.88. The summed E-state index contributed by atoms with van der Waals surface area (Å²) in [5.74, 6) is -0.293. The van der Waals surface area contributed by atoms with Crippen LogP contribution in [0.5, 0.6) is 5.88 Å². The fraction of sp³-hybridized carbons (Fsp3) is 0.297. The topological polar surface area (TPSA) is 140 Å². The van der Waals surface area contributed by atoms with Crippen molar-refractivity contribution in [3.63, 3.8) is 0 Å². The van der Waals surface area contributed by atoms with E-state index in [0.29, 0.717) is 24.4 Å². The molecule has 1 atom stereocenters. The molecule has 12 heteroatoms. The summed E-state index contributed by atoms with van der Waals surface area (Å²) in [6, 6.07) is 22.6. The lowest BCUT2D eigenvalue weighted by molar-refractivity contribution is 0.0680. The largest absolute Gasteiger partial charge is 0.475 e. The van der Waals surface area contributed by atoms with Gasteiger partial charge < -0.3 is 15.2 Å². The summed E-state index contributed by atoms with van der Waals surface area (Å²) in [5, 5.41) is 0. The summed E-state index contributed by atoms with van der Waals surface area (Å²) in [5.41, 5.74) is 10.9. The number of aromatic nitrogens is 2. The summed E-state index contributed by atoms with van der Waals surface area (Å²) >= 11 is 0. The second-order valence-electron chi connectivity index (χ2n) is 12.3. The summed E-state index contributed by atoms with van der Waals surface area (Å²) in [6.07, 6.45) is 3.44. The van der Waals surface area contributed by atoms with Crippen LogP contribution in [0.1, 0.15) is 47.3 Å². The zero-order valence-electron chi connectivity index (χ0n) is 28.4. The molecule has 4 aromatic rings. The fourth-order valence-corrected chi connectivity index (χ4v) is 7.16. The molecule has 3 aromatic carbocycles. The lowest BCUT2D eigenvalue weighted by Gasteiger charge is -2.33. The number of anilines is 1. The predicted molar refractivity (Wildman–Crippen MR) is 191 cm³/mol. The quantitative estimate of drug-likeness (QED) is 0.216. The van der Waals surface area contributed by atoms with Crippen LogP contribution >= 0.6 is 0 Å². The number of benzene rings is 3. The molecule has 0 fully saturated rings. The van der Waals surface area contributed by atoms with E-state index in [4.69, 9.17) is 20.2 Å². The van der Waals surface area contributed by atoms with Crippen molar-refractivity contribution in [2.75, 3.05) is 24.8 Å². The van der Waals surface area contributed by atoms with Gasteiger partial charge in [0.15, 0.2) is 0 Å². The van der Waals surface area contributed by atoms with Crippen LogP contribution in [-0.4, -0.2) is 61.9 Å². The number of aryl methyl sites for hydroxylation is 2. The maximum absolute atomic E-state index is 14.5. The van der Waals surface area contributed by atoms with Gasteiger partial charge in [0.2, 0.25) is 11.8 Å². The number of nitrogens with zero attached hydrogens (tertiary/aromatic N) is 5. The standard InChI is InChI=1S/C37H42N6O5S/c1-25(2)17-30-23-48-34-19-33(35-26(3)11-9-12-27(35)4)40-37(41-34)42(24-47-5)49(45,46)32-16-10-15-29(18-32)36(44)43(30)31(20-38)22-39-21-28-13-7-6-8-14-28/h6-16,18-20,22,25,30H,17,21,23-24,38H2,1-5H3/t30-/m1/s1. The Kier molecular flexibility index (Phi) is 11.1. The van der Waals surface area contributed by atoms with Gasteiger partial charge >= 0.3 is 0 Å². The average Bonchev–Trinajstić information content (AvgIpc) is 3.08. The molecule has 0 saturated carbocycles. The van der Waals surface area contributed by atoms with E-state index in [9.17, 15) is 13.2 Å². The Morgan fingerprint density at radius 1 is 1.04 bits per heavy atom. The number of hydrogen-bond donors (Lipinski definition) is 1. The number of fused-ring (bicyclic) bond motifs is 4. The molecule has 49 heavy (non-hydrogen) atoms. The van der Waals surface area contributed by atoms with Crippen LogP contribution in [0.4, 0.5) is 5.95 Å². The van der Waals surface area contributed by atoms with E-state index in [2.05, 4.69) is 23.8 Å². The van der Waals surface area contributed by atoms with E-state index >= 15 is 0 Å². The molecule has 256 valence electrons. The maximum atomic E-state index is 14.5. The number of allylic oxidation sites excluding steroid dienone is 1. The van der Waals surface area contributed by atoms with Gasteiger partial charge in [0.1, 0.15) is 13.3 Å². The van der Waals surface area contributed by atoms with Gasteiger partial charge in [-0.3, -0.25) is 14.7 Å². The number of nitrogens with two attached hydrogens (primary N) is 1. The molecule has 0 unspecified atom stereocenters. The van der Waals surface area contributed by atoms with Crippen LogP contribution in [-0.2, 0) is 21.3 Å². The molecule has 0 saturated heterocycles. The normalized spacial score (nSPS) is 16.7. The lowest BCUT2D eigenvalue weighted by atomic mass is 10.00. The number of methoxy groups -OCH3 is 1. The van der Waals surface area contributed by atoms with Crippen LogP contribution in [0, 0.1) is 19.8 Å². The fourth-order valence-electron chi connectivity index (χ4n) is 5.83. The molecule has 1 amide bonds. The molecular formula is C37H42N6O5S. The van der Waals surface area contributed by atoms with Crippen molar-refractivity contribution in [1.82, 2.24) is 14.9 Å². The van der Waals surface area contributed by atoms with Crippen molar-refractivity contribution in [3.05, 3.63) is 113 Å². The van der Waals surface area contributed by atoms with Crippen molar-refractivity contribution >= 4 is 28.1 Å². The summed E-state index contributed by atoms with van der Waals surface area (Å²) in [4.78, 5) is 29.8. The van der Waals surface area contributed by atoms with Crippen LogP contribution < -0.4 is 14.8 Å². The van der Waals surface area contributed by atoms with Gasteiger partial charge in [-0.1, -0.05) is 68.4 Å². The number of carbonyl (C=O) groups excluding carboxylic acids is 1. The third-order valence-corrected chi connectivity index (χ3v) is 9.81. The molecule has 11 nitrogen and oxygen atoms in total. The highest BCUT2D eigenvalue weighted by Gasteiger charge is 2.33. The number of sulfonamides is 1. The number of ether oxygens (including phenoxy) is 2. The Labute approximate surface area is 288 Å².